The van der Waals surface area contributed by atoms with E-state index in [0.29, 0.717) is 6.04 Å². The van der Waals surface area contributed by atoms with Crippen LogP contribution >= 0.6 is 12.2 Å². The third-order valence-corrected chi connectivity index (χ3v) is 2.62. The Labute approximate surface area is 103 Å². The molecule has 1 rings (SSSR count). The average Bonchev–Trinajstić information content (AvgIpc) is 2.26. The van der Waals surface area contributed by atoms with E-state index in [0.717, 1.165) is 23.8 Å². The minimum atomic E-state index is 0.379. The molecule has 0 saturated carbocycles. The maximum absolute atomic E-state index is 5.26. The summed E-state index contributed by atoms with van der Waals surface area (Å²) >= 11 is 5.26. The lowest BCUT2D eigenvalue weighted by Gasteiger charge is -2.22. The molecule has 0 atom stereocenters. The molecule has 16 heavy (non-hydrogen) atoms. The van der Waals surface area contributed by atoms with Crippen molar-refractivity contribution in [3.63, 3.8) is 0 Å². The molecule has 0 spiro atoms. The highest BCUT2D eigenvalue weighted by Crippen LogP contribution is 1.97. The number of hydrogen-bond acceptors (Lipinski definition) is 2. The summed E-state index contributed by atoms with van der Waals surface area (Å²) in [4.78, 5) is 6.33. The van der Waals surface area contributed by atoms with E-state index >= 15 is 0 Å². The van der Waals surface area contributed by atoms with Gasteiger partial charge in [-0.15, -0.1) is 0 Å². The monoisotopic (exact) mass is 237 g/mol. The zero-order valence-electron chi connectivity index (χ0n) is 10.1. The topological polar surface area (TPSA) is 28.2 Å². The first-order chi connectivity index (χ1) is 7.59. The highest BCUT2D eigenvalue weighted by Gasteiger charge is 2.05. The van der Waals surface area contributed by atoms with Crippen LogP contribution in [0.1, 0.15) is 19.5 Å². The van der Waals surface area contributed by atoms with Crippen molar-refractivity contribution < 1.29 is 0 Å². The number of hydrogen-bond donors (Lipinski definition) is 1. The third kappa shape index (κ3) is 4.57. The van der Waals surface area contributed by atoms with Gasteiger partial charge in [0.05, 0.1) is 0 Å². The minimum absolute atomic E-state index is 0.379. The summed E-state index contributed by atoms with van der Waals surface area (Å²) in [5, 5.41) is 4.01. The standard InChI is InChI=1S/C12H19N3S/c1-10(2)14-12(16)15(3)9-7-11-6-4-5-8-13-11/h4-6,8,10H,7,9H2,1-3H3,(H,14,16). The number of pyridine rings is 1. The molecule has 1 aromatic rings. The van der Waals surface area contributed by atoms with Gasteiger partial charge in [-0.1, -0.05) is 6.07 Å². The van der Waals surface area contributed by atoms with Gasteiger partial charge in [0.15, 0.2) is 5.11 Å². The largest absolute Gasteiger partial charge is 0.360 e. The van der Waals surface area contributed by atoms with Crippen molar-refractivity contribution in [3.8, 4) is 0 Å². The van der Waals surface area contributed by atoms with Crippen molar-refractivity contribution in [3.05, 3.63) is 30.1 Å². The molecule has 1 heterocycles. The molecule has 1 aromatic heterocycles. The fourth-order valence-corrected chi connectivity index (χ4v) is 1.61. The van der Waals surface area contributed by atoms with E-state index in [4.69, 9.17) is 12.2 Å². The number of nitrogens with zero attached hydrogens (tertiary/aromatic N) is 2. The van der Waals surface area contributed by atoms with E-state index in [1.165, 1.54) is 0 Å². The molecule has 0 aliphatic rings. The maximum Gasteiger partial charge on any atom is 0.168 e. The normalized spacial score (nSPS) is 10.2. The van der Waals surface area contributed by atoms with Crippen molar-refractivity contribution in [2.24, 2.45) is 0 Å². The SMILES string of the molecule is CC(C)NC(=S)N(C)CCc1ccccn1. The van der Waals surface area contributed by atoms with E-state index in [1.807, 2.05) is 36.3 Å². The molecule has 0 unspecified atom stereocenters. The van der Waals surface area contributed by atoms with Gasteiger partial charge in [-0.25, -0.2) is 0 Å². The van der Waals surface area contributed by atoms with E-state index in [9.17, 15) is 0 Å². The lowest BCUT2D eigenvalue weighted by atomic mass is 10.2. The quantitative estimate of drug-likeness (QED) is 0.809. The molecule has 3 nitrogen and oxygen atoms in total. The van der Waals surface area contributed by atoms with Crippen LogP contribution in [0.2, 0.25) is 0 Å². The van der Waals surface area contributed by atoms with Gasteiger partial charge in [0.1, 0.15) is 0 Å². The summed E-state index contributed by atoms with van der Waals surface area (Å²) in [5.41, 5.74) is 1.10. The average molecular weight is 237 g/mol. The molecule has 0 aliphatic heterocycles. The fraction of sp³-hybridized carbons (Fsp3) is 0.500. The van der Waals surface area contributed by atoms with Crippen molar-refractivity contribution in [2.75, 3.05) is 13.6 Å². The van der Waals surface area contributed by atoms with Crippen LogP contribution < -0.4 is 5.32 Å². The van der Waals surface area contributed by atoms with Gasteiger partial charge in [-0.3, -0.25) is 4.98 Å². The zero-order valence-corrected chi connectivity index (χ0v) is 10.9. The van der Waals surface area contributed by atoms with Crippen LogP contribution in [-0.2, 0) is 6.42 Å². The molecule has 0 aromatic carbocycles. The maximum atomic E-state index is 5.26. The minimum Gasteiger partial charge on any atom is -0.360 e. The molecule has 0 bridgehead atoms. The summed E-state index contributed by atoms with van der Waals surface area (Å²) in [6.45, 7) is 5.05. The second kappa shape index (κ2) is 6.43. The van der Waals surface area contributed by atoms with Crippen LogP contribution in [0, 0.1) is 0 Å². The fourth-order valence-electron chi connectivity index (χ4n) is 1.29. The van der Waals surface area contributed by atoms with E-state index in [-0.39, 0.29) is 0 Å². The predicted molar refractivity (Wildman–Crippen MR) is 71.4 cm³/mol. The second-order valence-corrected chi connectivity index (χ2v) is 4.48. The summed E-state index contributed by atoms with van der Waals surface area (Å²) < 4.78 is 0. The Morgan fingerprint density at radius 1 is 1.50 bits per heavy atom. The van der Waals surface area contributed by atoms with E-state index in [1.54, 1.807) is 0 Å². The van der Waals surface area contributed by atoms with Crippen molar-refractivity contribution in [1.82, 2.24) is 15.2 Å². The van der Waals surface area contributed by atoms with E-state index < -0.39 is 0 Å². The van der Waals surface area contributed by atoms with Crippen molar-refractivity contribution in [2.45, 2.75) is 26.3 Å². The molecular formula is C12H19N3S. The summed E-state index contributed by atoms with van der Waals surface area (Å²) in [6, 6.07) is 6.35. The molecule has 0 aliphatic carbocycles. The van der Waals surface area contributed by atoms with Crippen molar-refractivity contribution in [1.29, 1.82) is 0 Å². The predicted octanol–water partition coefficient (Wildman–Crippen LogP) is 1.84. The smallest absolute Gasteiger partial charge is 0.168 e. The first kappa shape index (κ1) is 12.9. The first-order valence-electron chi connectivity index (χ1n) is 5.51. The zero-order chi connectivity index (χ0) is 12.0. The molecule has 1 N–H and O–H groups in total. The van der Waals surface area contributed by atoms with Gasteiger partial charge in [-0.2, -0.15) is 0 Å². The molecule has 0 fully saturated rings. The Kier molecular flexibility index (Phi) is 5.19. The van der Waals surface area contributed by atoms with Gasteiger partial charge < -0.3 is 10.2 Å². The Hall–Kier alpha value is -1.16. The van der Waals surface area contributed by atoms with Gasteiger partial charge >= 0.3 is 0 Å². The van der Waals surface area contributed by atoms with Crippen LogP contribution in [0.4, 0.5) is 0 Å². The van der Waals surface area contributed by atoms with Gasteiger partial charge in [-0.05, 0) is 38.2 Å². The Morgan fingerprint density at radius 2 is 2.25 bits per heavy atom. The molecule has 0 radical (unpaired) electrons. The molecule has 4 heteroatoms. The van der Waals surface area contributed by atoms with Gasteiger partial charge in [0.2, 0.25) is 0 Å². The molecule has 0 amide bonds. The Balaban J connectivity index is 2.35. The van der Waals surface area contributed by atoms with Crippen LogP contribution in [0.15, 0.2) is 24.4 Å². The summed E-state index contributed by atoms with van der Waals surface area (Å²) in [7, 11) is 2.00. The highest BCUT2D eigenvalue weighted by atomic mass is 32.1. The van der Waals surface area contributed by atoms with E-state index in [2.05, 4.69) is 24.1 Å². The molecular weight excluding hydrogens is 218 g/mol. The van der Waals surface area contributed by atoms with Crippen molar-refractivity contribution >= 4 is 17.3 Å². The Bertz CT molecular complexity index is 324. The van der Waals surface area contributed by atoms with Gasteiger partial charge in [0.25, 0.3) is 0 Å². The highest BCUT2D eigenvalue weighted by molar-refractivity contribution is 7.80. The third-order valence-electron chi connectivity index (χ3n) is 2.19. The number of likely N-dealkylation sites (N-methyl/N-ethyl adjacent to an activating group) is 1. The van der Waals surface area contributed by atoms with Crippen LogP contribution in [0.3, 0.4) is 0 Å². The number of aromatic nitrogens is 1. The number of thiocarbonyl (C=S) groups is 1. The van der Waals surface area contributed by atoms with Crippen LogP contribution in [0.25, 0.3) is 0 Å². The Morgan fingerprint density at radius 3 is 2.81 bits per heavy atom. The summed E-state index contributed by atoms with van der Waals surface area (Å²) in [5.74, 6) is 0. The lowest BCUT2D eigenvalue weighted by Crippen LogP contribution is -2.41. The number of rotatable bonds is 4. The second-order valence-electron chi connectivity index (χ2n) is 4.10. The lowest BCUT2D eigenvalue weighted by molar-refractivity contribution is 0.486. The molecule has 88 valence electrons. The van der Waals surface area contributed by atoms with Crippen LogP contribution in [-0.4, -0.2) is 34.6 Å². The number of nitrogens with one attached hydrogen (secondary N) is 1. The van der Waals surface area contributed by atoms with Gasteiger partial charge in [0, 0.05) is 37.9 Å². The first-order valence-corrected chi connectivity index (χ1v) is 5.92. The van der Waals surface area contributed by atoms with Crippen LogP contribution in [0.5, 0.6) is 0 Å². The summed E-state index contributed by atoms with van der Waals surface area (Å²) in [6.07, 6.45) is 2.73. The molecule has 0 saturated heterocycles.